The Hall–Kier alpha value is -1.09. The number of halogens is 1. The molecule has 3 rings (SSSR count). The fourth-order valence-corrected chi connectivity index (χ4v) is 2.85. The number of likely N-dealkylation sites (tertiary alicyclic amines) is 1. The van der Waals surface area contributed by atoms with Crippen LogP contribution in [0.25, 0.3) is 10.8 Å². The molecule has 1 heterocycles. The van der Waals surface area contributed by atoms with Crippen molar-refractivity contribution in [2.45, 2.75) is 19.1 Å². The molecular formula is C15H16ClNO. The van der Waals surface area contributed by atoms with Gasteiger partial charge in [0.2, 0.25) is 0 Å². The minimum Gasteiger partial charge on any atom is -0.392 e. The molecule has 0 radical (unpaired) electrons. The normalized spacial score (nSPS) is 20.7. The predicted octanol–water partition coefficient (Wildman–Crippen LogP) is 3.06. The van der Waals surface area contributed by atoms with Gasteiger partial charge in [-0.25, -0.2) is 0 Å². The number of hydrogen-bond acceptors (Lipinski definition) is 2. The van der Waals surface area contributed by atoms with Crippen molar-refractivity contribution >= 4 is 22.4 Å². The Morgan fingerprint density at radius 2 is 2.17 bits per heavy atom. The summed E-state index contributed by atoms with van der Waals surface area (Å²) in [5.41, 5.74) is 1.28. The van der Waals surface area contributed by atoms with Crippen LogP contribution in [0.2, 0.25) is 5.02 Å². The quantitative estimate of drug-likeness (QED) is 0.898. The summed E-state index contributed by atoms with van der Waals surface area (Å²) >= 11 is 6.16. The smallest absolute Gasteiger partial charge is 0.0679 e. The van der Waals surface area contributed by atoms with Crippen LogP contribution in [0.15, 0.2) is 36.4 Å². The Morgan fingerprint density at radius 1 is 1.28 bits per heavy atom. The molecule has 2 aromatic carbocycles. The Balaban J connectivity index is 1.85. The molecule has 2 nitrogen and oxygen atoms in total. The van der Waals surface area contributed by atoms with E-state index in [1.165, 1.54) is 10.9 Å². The van der Waals surface area contributed by atoms with E-state index in [1.807, 2.05) is 12.1 Å². The molecule has 0 amide bonds. The number of aliphatic hydroxyl groups is 1. The lowest BCUT2D eigenvalue weighted by Crippen LogP contribution is -2.21. The number of nitrogens with zero attached hydrogens (tertiary/aromatic N) is 1. The first-order valence-corrected chi connectivity index (χ1v) is 6.68. The first-order valence-electron chi connectivity index (χ1n) is 6.30. The second-order valence-electron chi connectivity index (χ2n) is 4.97. The van der Waals surface area contributed by atoms with Gasteiger partial charge in [-0.1, -0.05) is 35.9 Å². The maximum atomic E-state index is 9.53. The Kier molecular flexibility index (Phi) is 3.25. The summed E-state index contributed by atoms with van der Waals surface area (Å²) in [6, 6.07) is 12.4. The maximum Gasteiger partial charge on any atom is 0.0679 e. The van der Waals surface area contributed by atoms with Crippen LogP contribution in [0, 0.1) is 0 Å². The van der Waals surface area contributed by atoms with Gasteiger partial charge in [-0.2, -0.15) is 0 Å². The lowest BCUT2D eigenvalue weighted by molar-refractivity contribution is 0.175. The van der Waals surface area contributed by atoms with Crippen LogP contribution >= 0.6 is 11.6 Å². The average molecular weight is 262 g/mol. The molecular weight excluding hydrogens is 246 g/mol. The van der Waals surface area contributed by atoms with Gasteiger partial charge in [0.05, 0.1) is 6.10 Å². The van der Waals surface area contributed by atoms with Crippen molar-refractivity contribution < 1.29 is 5.11 Å². The molecule has 0 aliphatic carbocycles. The van der Waals surface area contributed by atoms with E-state index in [0.29, 0.717) is 0 Å². The minimum atomic E-state index is -0.153. The first kappa shape index (κ1) is 12.0. The van der Waals surface area contributed by atoms with Gasteiger partial charge in [0.1, 0.15) is 0 Å². The first-order chi connectivity index (χ1) is 8.72. The third kappa shape index (κ3) is 2.37. The van der Waals surface area contributed by atoms with Crippen LogP contribution < -0.4 is 0 Å². The van der Waals surface area contributed by atoms with E-state index in [4.69, 9.17) is 11.6 Å². The van der Waals surface area contributed by atoms with E-state index in [-0.39, 0.29) is 6.10 Å². The average Bonchev–Trinajstić information content (AvgIpc) is 2.75. The van der Waals surface area contributed by atoms with Crippen LogP contribution in [-0.4, -0.2) is 29.2 Å². The van der Waals surface area contributed by atoms with E-state index in [1.54, 1.807) is 0 Å². The summed E-state index contributed by atoms with van der Waals surface area (Å²) in [4.78, 5) is 2.29. The molecule has 18 heavy (non-hydrogen) atoms. The predicted molar refractivity (Wildman–Crippen MR) is 74.9 cm³/mol. The summed E-state index contributed by atoms with van der Waals surface area (Å²) in [6.07, 6.45) is 0.735. The van der Waals surface area contributed by atoms with Crippen molar-refractivity contribution in [1.29, 1.82) is 0 Å². The molecule has 3 heteroatoms. The summed E-state index contributed by atoms with van der Waals surface area (Å²) in [5.74, 6) is 0. The van der Waals surface area contributed by atoms with E-state index < -0.39 is 0 Å². The van der Waals surface area contributed by atoms with Gasteiger partial charge < -0.3 is 5.11 Å². The monoisotopic (exact) mass is 261 g/mol. The van der Waals surface area contributed by atoms with Crippen LogP contribution in [0.5, 0.6) is 0 Å². The van der Waals surface area contributed by atoms with E-state index in [2.05, 4.69) is 29.2 Å². The van der Waals surface area contributed by atoms with Crippen LogP contribution in [0.1, 0.15) is 12.0 Å². The topological polar surface area (TPSA) is 23.5 Å². The molecule has 1 aliphatic rings. The molecule has 1 atom stereocenters. The zero-order chi connectivity index (χ0) is 12.5. The Bertz CT molecular complexity index is 569. The van der Waals surface area contributed by atoms with Crippen molar-refractivity contribution in [3.8, 4) is 0 Å². The third-order valence-electron chi connectivity index (χ3n) is 3.55. The van der Waals surface area contributed by atoms with Crippen LogP contribution in [-0.2, 0) is 6.54 Å². The van der Waals surface area contributed by atoms with Crippen molar-refractivity contribution in [1.82, 2.24) is 4.90 Å². The molecule has 1 unspecified atom stereocenters. The van der Waals surface area contributed by atoms with Gasteiger partial charge in [-0.15, -0.1) is 0 Å². The Morgan fingerprint density at radius 3 is 2.94 bits per heavy atom. The zero-order valence-corrected chi connectivity index (χ0v) is 10.9. The van der Waals surface area contributed by atoms with Crippen LogP contribution in [0.3, 0.4) is 0 Å². The van der Waals surface area contributed by atoms with Gasteiger partial charge in [-0.05, 0) is 29.5 Å². The number of fused-ring (bicyclic) bond motifs is 1. The van der Waals surface area contributed by atoms with E-state index in [9.17, 15) is 5.11 Å². The van der Waals surface area contributed by atoms with Crippen molar-refractivity contribution in [2.75, 3.05) is 13.1 Å². The fourth-order valence-electron chi connectivity index (χ4n) is 2.61. The highest BCUT2D eigenvalue weighted by molar-refractivity contribution is 6.35. The molecule has 2 aromatic rings. The molecule has 1 aliphatic heterocycles. The Labute approximate surface area is 112 Å². The second-order valence-corrected chi connectivity index (χ2v) is 5.38. The number of benzene rings is 2. The number of hydrogen-bond donors (Lipinski definition) is 1. The summed E-state index contributed by atoms with van der Waals surface area (Å²) < 4.78 is 0. The number of β-amino-alcohol motifs (C(OH)–C–C–N with tert-alkyl or cyclic N) is 1. The standard InChI is InChI=1S/C15H16ClNO/c16-15-3-1-2-12-8-11(4-5-14(12)15)9-17-7-6-13(18)10-17/h1-5,8,13,18H,6-7,9-10H2. The van der Waals surface area contributed by atoms with E-state index in [0.717, 1.165) is 36.5 Å². The second kappa shape index (κ2) is 4.88. The highest BCUT2D eigenvalue weighted by atomic mass is 35.5. The molecule has 94 valence electrons. The number of rotatable bonds is 2. The summed E-state index contributed by atoms with van der Waals surface area (Å²) in [6.45, 7) is 2.67. The molecule has 1 N–H and O–H groups in total. The van der Waals surface area contributed by atoms with Gasteiger partial charge >= 0.3 is 0 Å². The summed E-state index contributed by atoms with van der Waals surface area (Å²) in [7, 11) is 0. The molecule has 0 bridgehead atoms. The highest BCUT2D eigenvalue weighted by Gasteiger charge is 2.19. The molecule has 1 fully saturated rings. The lowest BCUT2D eigenvalue weighted by atomic mass is 10.1. The summed E-state index contributed by atoms with van der Waals surface area (Å²) in [5, 5.41) is 12.6. The maximum absolute atomic E-state index is 9.53. The highest BCUT2D eigenvalue weighted by Crippen LogP contribution is 2.25. The minimum absolute atomic E-state index is 0.153. The molecule has 0 saturated carbocycles. The van der Waals surface area contributed by atoms with Crippen molar-refractivity contribution in [3.05, 3.63) is 47.0 Å². The molecule has 1 saturated heterocycles. The largest absolute Gasteiger partial charge is 0.392 e. The zero-order valence-electron chi connectivity index (χ0n) is 10.1. The van der Waals surface area contributed by atoms with Gasteiger partial charge in [0.15, 0.2) is 0 Å². The fraction of sp³-hybridized carbons (Fsp3) is 0.333. The van der Waals surface area contributed by atoms with Gasteiger partial charge in [-0.3, -0.25) is 4.90 Å². The van der Waals surface area contributed by atoms with Gasteiger partial charge in [0, 0.05) is 30.0 Å². The lowest BCUT2D eigenvalue weighted by Gasteiger charge is -2.15. The van der Waals surface area contributed by atoms with E-state index >= 15 is 0 Å². The SMILES string of the molecule is OC1CCN(Cc2ccc3c(Cl)cccc3c2)C1. The van der Waals surface area contributed by atoms with Gasteiger partial charge in [0.25, 0.3) is 0 Å². The third-order valence-corrected chi connectivity index (χ3v) is 3.87. The molecule has 0 spiro atoms. The van der Waals surface area contributed by atoms with Crippen molar-refractivity contribution in [2.24, 2.45) is 0 Å². The molecule has 0 aromatic heterocycles. The number of aliphatic hydroxyl groups excluding tert-OH is 1. The van der Waals surface area contributed by atoms with Crippen molar-refractivity contribution in [3.63, 3.8) is 0 Å². The van der Waals surface area contributed by atoms with Crippen LogP contribution in [0.4, 0.5) is 0 Å².